The van der Waals surface area contributed by atoms with E-state index in [0.717, 1.165) is 37.3 Å². The van der Waals surface area contributed by atoms with Gasteiger partial charge in [-0.1, -0.05) is 12.1 Å². The zero-order chi connectivity index (χ0) is 13.6. The summed E-state index contributed by atoms with van der Waals surface area (Å²) in [5.74, 6) is 0. The smallest absolute Gasteiger partial charge is 0.0958 e. The minimum atomic E-state index is 0.762. The molecule has 2 aromatic heterocycles. The van der Waals surface area contributed by atoms with E-state index < -0.39 is 0 Å². The van der Waals surface area contributed by atoms with Crippen molar-refractivity contribution in [2.45, 2.75) is 19.5 Å². The van der Waals surface area contributed by atoms with Crippen LogP contribution in [0.4, 0.5) is 0 Å². The molecule has 2 heterocycles. The van der Waals surface area contributed by atoms with Crippen molar-refractivity contribution in [3.8, 4) is 0 Å². The van der Waals surface area contributed by atoms with Crippen LogP contribution in [0, 0.1) is 0 Å². The Morgan fingerprint density at radius 2 is 2.05 bits per heavy atom. The molecule has 0 aliphatic heterocycles. The summed E-state index contributed by atoms with van der Waals surface area (Å²) in [6.07, 6.45) is 8.16. The lowest BCUT2D eigenvalue weighted by atomic mass is 10.3. The number of hydrogen-bond donors (Lipinski definition) is 1. The highest BCUT2D eigenvalue weighted by Gasteiger charge is 2.00. The first-order valence-electron chi connectivity index (χ1n) is 6.79. The third-order valence-corrected chi connectivity index (χ3v) is 3.20. The van der Waals surface area contributed by atoms with Gasteiger partial charge >= 0.3 is 0 Å². The van der Waals surface area contributed by atoms with Gasteiger partial charge in [0.05, 0.1) is 23.1 Å². The van der Waals surface area contributed by atoms with E-state index in [-0.39, 0.29) is 0 Å². The number of benzene rings is 1. The van der Waals surface area contributed by atoms with E-state index in [9.17, 15) is 0 Å². The van der Waals surface area contributed by atoms with Crippen molar-refractivity contribution >= 4 is 11.0 Å². The van der Waals surface area contributed by atoms with Crippen LogP contribution in [0.2, 0.25) is 0 Å². The summed E-state index contributed by atoms with van der Waals surface area (Å²) in [6, 6.07) is 8.21. The Morgan fingerprint density at radius 3 is 2.95 bits per heavy atom. The highest BCUT2D eigenvalue weighted by Crippen LogP contribution is 2.11. The molecule has 0 saturated heterocycles. The molecule has 102 valence electrons. The van der Waals surface area contributed by atoms with Gasteiger partial charge in [0.15, 0.2) is 0 Å². The summed E-state index contributed by atoms with van der Waals surface area (Å²) < 4.78 is 2.19. The Kier molecular flexibility index (Phi) is 3.99. The Bertz CT molecular complexity index is 662. The van der Waals surface area contributed by atoms with Gasteiger partial charge in [-0.3, -0.25) is 9.97 Å². The van der Waals surface area contributed by atoms with Crippen molar-refractivity contribution in [1.29, 1.82) is 0 Å². The van der Waals surface area contributed by atoms with Crippen LogP contribution in [-0.4, -0.2) is 26.1 Å². The Morgan fingerprint density at radius 1 is 1.10 bits per heavy atom. The highest BCUT2D eigenvalue weighted by molar-refractivity contribution is 5.74. The fourth-order valence-electron chi connectivity index (χ4n) is 2.20. The zero-order valence-electron chi connectivity index (χ0n) is 11.2. The normalized spacial score (nSPS) is 11.0. The fourth-order valence-corrected chi connectivity index (χ4v) is 2.20. The Hall–Kier alpha value is -2.27. The van der Waals surface area contributed by atoms with Crippen LogP contribution in [0.15, 0.2) is 49.2 Å². The van der Waals surface area contributed by atoms with Crippen molar-refractivity contribution in [3.63, 3.8) is 0 Å². The second-order valence-corrected chi connectivity index (χ2v) is 4.65. The van der Waals surface area contributed by atoms with Crippen LogP contribution in [0.25, 0.3) is 11.0 Å². The number of hydrogen-bond acceptors (Lipinski definition) is 4. The Labute approximate surface area is 117 Å². The molecular formula is C15H17N5. The SMILES string of the molecule is c1ccc2c(c1)ncn2CCCNCc1cnccn1. The minimum Gasteiger partial charge on any atom is -0.331 e. The summed E-state index contributed by atoms with van der Waals surface area (Å²) in [5.41, 5.74) is 3.22. The monoisotopic (exact) mass is 267 g/mol. The molecule has 0 amide bonds. The van der Waals surface area contributed by atoms with Crippen molar-refractivity contribution in [2.24, 2.45) is 0 Å². The predicted molar refractivity (Wildman–Crippen MR) is 78.1 cm³/mol. The van der Waals surface area contributed by atoms with Gasteiger partial charge in [-0.05, 0) is 25.1 Å². The number of imidazole rings is 1. The van der Waals surface area contributed by atoms with Crippen LogP contribution in [0.1, 0.15) is 12.1 Å². The number of nitrogens with one attached hydrogen (secondary N) is 1. The van der Waals surface area contributed by atoms with E-state index in [1.165, 1.54) is 5.52 Å². The number of rotatable bonds is 6. The third kappa shape index (κ3) is 3.00. The standard InChI is InChI=1S/C15H17N5/c1-2-5-15-14(4-1)19-12-20(15)9-3-6-16-10-13-11-17-7-8-18-13/h1-2,4-5,7-8,11-12,16H,3,6,9-10H2. The van der Waals surface area contributed by atoms with Crippen LogP contribution in [-0.2, 0) is 13.1 Å². The van der Waals surface area contributed by atoms with E-state index >= 15 is 0 Å². The van der Waals surface area contributed by atoms with Gasteiger partial charge in [0, 0.05) is 31.7 Å². The van der Waals surface area contributed by atoms with Crippen LogP contribution < -0.4 is 5.32 Å². The summed E-state index contributed by atoms with van der Waals surface area (Å²) >= 11 is 0. The summed E-state index contributed by atoms with van der Waals surface area (Å²) in [4.78, 5) is 12.7. The number of nitrogens with zero attached hydrogens (tertiary/aromatic N) is 4. The molecule has 0 spiro atoms. The molecule has 3 rings (SSSR count). The van der Waals surface area contributed by atoms with E-state index in [4.69, 9.17) is 0 Å². The molecule has 0 bridgehead atoms. The molecule has 1 N–H and O–H groups in total. The summed E-state index contributed by atoms with van der Waals surface area (Å²) in [5, 5.41) is 3.38. The lowest BCUT2D eigenvalue weighted by molar-refractivity contribution is 0.583. The number of aromatic nitrogens is 4. The van der Waals surface area contributed by atoms with Gasteiger partial charge in [-0.15, -0.1) is 0 Å². The average Bonchev–Trinajstić information content (AvgIpc) is 2.91. The molecule has 0 unspecified atom stereocenters. The summed E-state index contributed by atoms with van der Waals surface area (Å²) in [6.45, 7) is 2.68. The van der Waals surface area contributed by atoms with E-state index in [1.807, 2.05) is 24.5 Å². The third-order valence-electron chi connectivity index (χ3n) is 3.20. The second kappa shape index (κ2) is 6.25. The van der Waals surface area contributed by atoms with Gasteiger partial charge in [-0.25, -0.2) is 4.98 Å². The van der Waals surface area contributed by atoms with Crippen molar-refractivity contribution in [2.75, 3.05) is 6.54 Å². The molecule has 0 saturated carbocycles. The molecule has 0 radical (unpaired) electrons. The number of para-hydroxylation sites is 2. The lowest BCUT2D eigenvalue weighted by Crippen LogP contribution is -2.17. The topological polar surface area (TPSA) is 55.6 Å². The minimum absolute atomic E-state index is 0.762. The highest BCUT2D eigenvalue weighted by atomic mass is 15.0. The molecule has 0 fully saturated rings. The maximum atomic E-state index is 4.39. The average molecular weight is 267 g/mol. The van der Waals surface area contributed by atoms with Crippen LogP contribution >= 0.6 is 0 Å². The second-order valence-electron chi connectivity index (χ2n) is 4.65. The van der Waals surface area contributed by atoms with Crippen LogP contribution in [0.3, 0.4) is 0 Å². The van der Waals surface area contributed by atoms with Crippen molar-refractivity contribution in [1.82, 2.24) is 24.8 Å². The van der Waals surface area contributed by atoms with Gasteiger partial charge < -0.3 is 9.88 Å². The summed E-state index contributed by atoms with van der Waals surface area (Å²) in [7, 11) is 0. The Balaban J connectivity index is 1.46. The molecular weight excluding hydrogens is 250 g/mol. The van der Waals surface area contributed by atoms with Crippen LogP contribution in [0.5, 0.6) is 0 Å². The largest absolute Gasteiger partial charge is 0.331 e. The molecule has 3 aromatic rings. The first-order valence-corrected chi connectivity index (χ1v) is 6.79. The molecule has 20 heavy (non-hydrogen) atoms. The van der Waals surface area contributed by atoms with Crippen molar-refractivity contribution < 1.29 is 0 Å². The molecule has 1 aromatic carbocycles. The molecule has 0 aliphatic rings. The first kappa shape index (κ1) is 12.7. The number of fused-ring (bicyclic) bond motifs is 1. The predicted octanol–water partition coefficient (Wildman–Crippen LogP) is 2.01. The van der Waals surface area contributed by atoms with E-state index in [2.05, 4.69) is 30.9 Å². The lowest BCUT2D eigenvalue weighted by Gasteiger charge is -2.06. The quantitative estimate of drug-likeness (QED) is 0.694. The maximum absolute atomic E-state index is 4.39. The molecule has 5 nitrogen and oxygen atoms in total. The zero-order valence-corrected chi connectivity index (χ0v) is 11.2. The van der Waals surface area contributed by atoms with Crippen molar-refractivity contribution in [3.05, 3.63) is 54.9 Å². The first-order chi connectivity index (χ1) is 9.93. The molecule has 0 aliphatic carbocycles. The van der Waals surface area contributed by atoms with Gasteiger partial charge in [0.1, 0.15) is 0 Å². The van der Waals surface area contributed by atoms with Gasteiger partial charge in [0.2, 0.25) is 0 Å². The fraction of sp³-hybridized carbons (Fsp3) is 0.267. The molecule has 0 atom stereocenters. The number of aryl methyl sites for hydroxylation is 1. The van der Waals surface area contributed by atoms with Gasteiger partial charge in [-0.2, -0.15) is 0 Å². The maximum Gasteiger partial charge on any atom is 0.0958 e. The van der Waals surface area contributed by atoms with E-state index in [0.29, 0.717) is 0 Å². The van der Waals surface area contributed by atoms with Gasteiger partial charge in [0.25, 0.3) is 0 Å². The van der Waals surface area contributed by atoms with E-state index in [1.54, 1.807) is 18.6 Å². The molecule has 5 heteroatoms.